The average Bonchev–Trinajstić information content (AvgIpc) is 2.51. The number of carbonyl (C=O) groups is 1. The first-order valence-corrected chi connectivity index (χ1v) is 8.61. The maximum atomic E-state index is 12.2. The Morgan fingerprint density at radius 1 is 1.35 bits per heavy atom. The Balaban J connectivity index is 1.79. The molecule has 2 atom stereocenters. The SMILES string of the molecule is C[C@H]1C[C@@H](C(=O)NCCOc2ccccc2C(C)(C)C)CCN1. The van der Waals surface area contributed by atoms with E-state index in [0.29, 0.717) is 19.2 Å². The van der Waals surface area contributed by atoms with Crippen LogP contribution in [0, 0.1) is 5.92 Å². The summed E-state index contributed by atoms with van der Waals surface area (Å²) in [6.45, 7) is 10.6. The number of nitrogens with one attached hydrogen (secondary N) is 2. The molecule has 1 amide bonds. The van der Waals surface area contributed by atoms with E-state index in [4.69, 9.17) is 4.74 Å². The molecule has 1 aliphatic rings. The lowest BCUT2D eigenvalue weighted by Gasteiger charge is -2.27. The number of hydrogen-bond acceptors (Lipinski definition) is 3. The second-order valence-electron chi connectivity index (χ2n) is 7.46. The minimum Gasteiger partial charge on any atom is -0.491 e. The Bertz CT molecular complexity index is 522. The molecule has 0 radical (unpaired) electrons. The van der Waals surface area contributed by atoms with Gasteiger partial charge in [-0.3, -0.25) is 4.79 Å². The summed E-state index contributed by atoms with van der Waals surface area (Å²) in [5.74, 6) is 1.20. The molecule has 0 aliphatic carbocycles. The molecule has 2 rings (SSSR count). The third kappa shape index (κ3) is 5.24. The molecule has 23 heavy (non-hydrogen) atoms. The summed E-state index contributed by atoms with van der Waals surface area (Å²) in [5, 5.41) is 6.38. The number of benzene rings is 1. The van der Waals surface area contributed by atoms with Gasteiger partial charge in [0.2, 0.25) is 5.91 Å². The second kappa shape index (κ2) is 7.82. The highest BCUT2D eigenvalue weighted by Gasteiger charge is 2.24. The van der Waals surface area contributed by atoms with Crippen molar-refractivity contribution in [2.24, 2.45) is 5.92 Å². The predicted molar refractivity (Wildman–Crippen MR) is 93.8 cm³/mol. The summed E-state index contributed by atoms with van der Waals surface area (Å²) >= 11 is 0. The number of hydrogen-bond donors (Lipinski definition) is 2. The fraction of sp³-hybridized carbons (Fsp3) is 0.632. The predicted octanol–water partition coefficient (Wildman–Crippen LogP) is 2.87. The molecule has 1 aliphatic heterocycles. The van der Waals surface area contributed by atoms with Gasteiger partial charge in [0.05, 0.1) is 6.54 Å². The van der Waals surface area contributed by atoms with Crippen molar-refractivity contribution >= 4 is 5.91 Å². The van der Waals surface area contributed by atoms with Crippen molar-refractivity contribution in [3.63, 3.8) is 0 Å². The minimum atomic E-state index is 0.0467. The van der Waals surface area contributed by atoms with E-state index < -0.39 is 0 Å². The van der Waals surface area contributed by atoms with E-state index >= 15 is 0 Å². The average molecular weight is 318 g/mol. The van der Waals surface area contributed by atoms with E-state index in [1.165, 1.54) is 5.56 Å². The molecule has 4 heteroatoms. The molecule has 0 spiro atoms. The Kier molecular flexibility index (Phi) is 6.05. The molecule has 4 nitrogen and oxygen atoms in total. The highest BCUT2D eigenvalue weighted by Crippen LogP contribution is 2.30. The van der Waals surface area contributed by atoms with Crippen molar-refractivity contribution < 1.29 is 9.53 Å². The van der Waals surface area contributed by atoms with Gasteiger partial charge in [0.15, 0.2) is 0 Å². The van der Waals surface area contributed by atoms with Crippen LogP contribution < -0.4 is 15.4 Å². The summed E-state index contributed by atoms with van der Waals surface area (Å²) in [7, 11) is 0. The van der Waals surface area contributed by atoms with Gasteiger partial charge in [0, 0.05) is 12.0 Å². The number of amides is 1. The van der Waals surface area contributed by atoms with E-state index in [2.05, 4.69) is 44.4 Å². The van der Waals surface area contributed by atoms with Gasteiger partial charge in [-0.25, -0.2) is 0 Å². The molecular weight excluding hydrogens is 288 g/mol. The first-order valence-electron chi connectivity index (χ1n) is 8.61. The maximum Gasteiger partial charge on any atom is 0.223 e. The Morgan fingerprint density at radius 3 is 2.78 bits per heavy atom. The van der Waals surface area contributed by atoms with Crippen molar-refractivity contribution in [3.05, 3.63) is 29.8 Å². The van der Waals surface area contributed by atoms with E-state index in [1.54, 1.807) is 0 Å². The van der Waals surface area contributed by atoms with Crippen LogP contribution in [-0.4, -0.2) is 31.6 Å². The molecule has 1 heterocycles. The highest BCUT2D eigenvalue weighted by molar-refractivity contribution is 5.78. The molecule has 0 saturated carbocycles. The molecule has 1 saturated heterocycles. The molecule has 1 aromatic carbocycles. The number of carbonyl (C=O) groups excluding carboxylic acids is 1. The Labute approximate surface area is 140 Å². The van der Waals surface area contributed by atoms with E-state index in [0.717, 1.165) is 25.1 Å². The summed E-state index contributed by atoms with van der Waals surface area (Å²) < 4.78 is 5.90. The maximum absolute atomic E-state index is 12.2. The van der Waals surface area contributed by atoms with Crippen LogP contribution in [0.5, 0.6) is 5.75 Å². The van der Waals surface area contributed by atoms with Crippen LogP contribution in [-0.2, 0) is 10.2 Å². The number of para-hydroxylation sites is 1. The normalized spacial score (nSPS) is 21.7. The van der Waals surface area contributed by atoms with E-state index in [1.807, 2.05) is 18.2 Å². The summed E-state index contributed by atoms with van der Waals surface area (Å²) in [6.07, 6.45) is 1.84. The molecule has 0 bridgehead atoms. The third-order valence-electron chi connectivity index (χ3n) is 4.35. The number of piperidine rings is 1. The Morgan fingerprint density at radius 2 is 2.09 bits per heavy atom. The van der Waals surface area contributed by atoms with Gasteiger partial charge in [0.25, 0.3) is 0 Å². The van der Waals surface area contributed by atoms with E-state index in [9.17, 15) is 4.79 Å². The van der Waals surface area contributed by atoms with Gasteiger partial charge < -0.3 is 15.4 Å². The van der Waals surface area contributed by atoms with Gasteiger partial charge in [-0.15, -0.1) is 0 Å². The lowest BCUT2D eigenvalue weighted by Crippen LogP contribution is -2.43. The quantitative estimate of drug-likeness (QED) is 0.821. The topological polar surface area (TPSA) is 50.4 Å². The van der Waals surface area contributed by atoms with Gasteiger partial charge in [-0.2, -0.15) is 0 Å². The number of rotatable bonds is 5. The standard InChI is InChI=1S/C19H30N2O2/c1-14-13-15(9-10-20-14)18(22)21-11-12-23-17-8-6-5-7-16(17)19(2,3)4/h5-8,14-15,20H,9-13H2,1-4H3,(H,21,22)/t14-,15-/m0/s1. The van der Waals surface area contributed by atoms with Crippen LogP contribution in [0.4, 0.5) is 0 Å². The molecular formula is C19H30N2O2. The third-order valence-corrected chi connectivity index (χ3v) is 4.35. The molecule has 2 N–H and O–H groups in total. The number of ether oxygens (including phenoxy) is 1. The largest absolute Gasteiger partial charge is 0.491 e. The van der Waals surface area contributed by atoms with Crippen LogP contribution in [0.25, 0.3) is 0 Å². The van der Waals surface area contributed by atoms with Crippen molar-refractivity contribution in [1.29, 1.82) is 0 Å². The molecule has 1 fully saturated rings. The fourth-order valence-corrected chi connectivity index (χ4v) is 3.06. The zero-order chi connectivity index (χ0) is 16.9. The highest BCUT2D eigenvalue weighted by atomic mass is 16.5. The summed E-state index contributed by atoms with van der Waals surface area (Å²) in [4.78, 5) is 12.2. The van der Waals surface area contributed by atoms with Crippen molar-refractivity contribution in [2.75, 3.05) is 19.7 Å². The summed E-state index contributed by atoms with van der Waals surface area (Å²) in [5.41, 5.74) is 1.24. The zero-order valence-electron chi connectivity index (χ0n) is 14.8. The zero-order valence-corrected chi connectivity index (χ0v) is 14.8. The summed E-state index contributed by atoms with van der Waals surface area (Å²) in [6, 6.07) is 8.54. The van der Waals surface area contributed by atoms with Crippen LogP contribution in [0.3, 0.4) is 0 Å². The van der Waals surface area contributed by atoms with Gasteiger partial charge in [0.1, 0.15) is 12.4 Å². The lowest BCUT2D eigenvalue weighted by molar-refractivity contribution is -0.126. The molecule has 0 unspecified atom stereocenters. The molecule has 128 valence electrons. The van der Waals surface area contributed by atoms with Crippen LogP contribution >= 0.6 is 0 Å². The van der Waals surface area contributed by atoms with Crippen molar-refractivity contribution in [1.82, 2.24) is 10.6 Å². The smallest absolute Gasteiger partial charge is 0.223 e. The van der Waals surface area contributed by atoms with Crippen LogP contribution in [0.2, 0.25) is 0 Å². The first kappa shape index (κ1) is 17.8. The van der Waals surface area contributed by atoms with Gasteiger partial charge in [-0.05, 0) is 43.4 Å². The Hall–Kier alpha value is -1.55. The van der Waals surface area contributed by atoms with Crippen molar-refractivity contribution in [3.8, 4) is 5.75 Å². The first-order chi connectivity index (χ1) is 10.9. The lowest BCUT2D eigenvalue weighted by atomic mass is 9.86. The van der Waals surface area contributed by atoms with E-state index in [-0.39, 0.29) is 17.2 Å². The molecule has 1 aromatic rings. The van der Waals surface area contributed by atoms with Gasteiger partial charge >= 0.3 is 0 Å². The minimum absolute atomic E-state index is 0.0467. The second-order valence-corrected chi connectivity index (χ2v) is 7.46. The monoisotopic (exact) mass is 318 g/mol. The van der Waals surface area contributed by atoms with Crippen molar-refractivity contribution in [2.45, 2.75) is 52.0 Å². The molecule has 0 aromatic heterocycles. The van der Waals surface area contributed by atoms with Crippen LogP contribution in [0.1, 0.15) is 46.1 Å². The van der Waals surface area contributed by atoms with Crippen LogP contribution in [0.15, 0.2) is 24.3 Å². The fourth-order valence-electron chi connectivity index (χ4n) is 3.06. The van der Waals surface area contributed by atoms with Gasteiger partial charge in [-0.1, -0.05) is 39.0 Å².